The third-order valence-corrected chi connectivity index (χ3v) is 3.34. The van der Waals surface area contributed by atoms with E-state index < -0.39 is 0 Å². The first kappa shape index (κ1) is 15.8. The van der Waals surface area contributed by atoms with Crippen molar-refractivity contribution in [1.29, 1.82) is 0 Å². The number of fused-ring (bicyclic) bond motifs is 1. The number of hydrazone groups is 1. The van der Waals surface area contributed by atoms with Gasteiger partial charge in [-0.05, 0) is 28.8 Å². The largest absolute Gasteiger partial charge is 0.355 e. The fourth-order valence-corrected chi connectivity index (χ4v) is 2.23. The molecule has 0 fully saturated rings. The van der Waals surface area contributed by atoms with Crippen molar-refractivity contribution in [3.05, 3.63) is 48.0 Å². The first-order valence-electron chi connectivity index (χ1n) is 6.88. The first-order chi connectivity index (χ1) is 9.83. The molecule has 1 heterocycles. The van der Waals surface area contributed by atoms with Crippen LogP contribution in [0.3, 0.4) is 0 Å². The Bertz CT molecular complexity index is 666. The lowest BCUT2D eigenvalue weighted by Crippen LogP contribution is -2.39. The van der Waals surface area contributed by atoms with Gasteiger partial charge in [-0.2, -0.15) is 5.10 Å². The molecular weight excluding hydrogens is 375 g/mol. The number of rotatable bonds is 2. The molecule has 0 aromatic heterocycles. The molecule has 0 amide bonds. The van der Waals surface area contributed by atoms with Gasteiger partial charge in [-0.1, -0.05) is 36.4 Å². The third-order valence-electron chi connectivity index (χ3n) is 3.34. The molecule has 2 aromatic carbocycles. The second-order valence-electron chi connectivity index (χ2n) is 4.86. The molecule has 0 unspecified atom stereocenters. The molecule has 21 heavy (non-hydrogen) atoms. The van der Waals surface area contributed by atoms with Crippen molar-refractivity contribution >= 4 is 46.9 Å². The summed E-state index contributed by atoms with van der Waals surface area (Å²) in [6.45, 7) is 1.84. The smallest absolute Gasteiger partial charge is 0.214 e. The van der Waals surface area contributed by atoms with Crippen LogP contribution in [0.4, 0.5) is 0 Å². The Hall–Kier alpha value is -1.63. The fraction of sp³-hybridized carbons (Fsp3) is 0.250. The molecular formula is C16H19IN4. The van der Waals surface area contributed by atoms with Gasteiger partial charge >= 0.3 is 0 Å². The standard InChI is InChI=1S/C16H18N4.HI/c1-20(16-17-9-4-10-18-16)19-12-13-7-8-14-5-2-3-6-15(14)11-13;/h2-3,5-8,11-12H,4,9-10H2,1H3,(H,17,18);1H/b19-12-;. The summed E-state index contributed by atoms with van der Waals surface area (Å²) in [5.74, 6) is 0.841. The molecule has 1 N–H and O–H groups in total. The van der Waals surface area contributed by atoms with Crippen molar-refractivity contribution in [2.75, 3.05) is 20.1 Å². The summed E-state index contributed by atoms with van der Waals surface area (Å²) in [5, 5.41) is 11.9. The summed E-state index contributed by atoms with van der Waals surface area (Å²) >= 11 is 0. The van der Waals surface area contributed by atoms with Gasteiger partial charge in [0.25, 0.3) is 0 Å². The Morgan fingerprint density at radius 3 is 2.76 bits per heavy atom. The molecule has 0 spiro atoms. The first-order valence-corrected chi connectivity index (χ1v) is 6.88. The van der Waals surface area contributed by atoms with Gasteiger partial charge in [0.1, 0.15) is 0 Å². The molecule has 1 aliphatic heterocycles. The van der Waals surface area contributed by atoms with Gasteiger partial charge in [0.2, 0.25) is 5.96 Å². The van der Waals surface area contributed by atoms with Crippen molar-refractivity contribution in [2.45, 2.75) is 6.42 Å². The van der Waals surface area contributed by atoms with Gasteiger partial charge in [0.15, 0.2) is 0 Å². The average molecular weight is 394 g/mol. The molecule has 0 radical (unpaired) electrons. The molecule has 1 aliphatic rings. The van der Waals surface area contributed by atoms with Crippen molar-refractivity contribution in [3.8, 4) is 0 Å². The van der Waals surface area contributed by atoms with Crippen LogP contribution >= 0.6 is 24.0 Å². The topological polar surface area (TPSA) is 40.0 Å². The number of aliphatic imine (C=N–C) groups is 1. The summed E-state index contributed by atoms with van der Waals surface area (Å²) < 4.78 is 0. The number of nitrogens with one attached hydrogen (secondary N) is 1. The zero-order valence-electron chi connectivity index (χ0n) is 12.0. The van der Waals surface area contributed by atoms with Crippen LogP contribution in [0.25, 0.3) is 10.8 Å². The molecule has 0 saturated heterocycles. The number of benzene rings is 2. The Labute approximate surface area is 142 Å². The van der Waals surface area contributed by atoms with E-state index in [0.717, 1.165) is 31.0 Å². The van der Waals surface area contributed by atoms with Crippen LogP contribution in [0.2, 0.25) is 0 Å². The van der Waals surface area contributed by atoms with E-state index in [-0.39, 0.29) is 24.0 Å². The average Bonchev–Trinajstić information content (AvgIpc) is 2.53. The van der Waals surface area contributed by atoms with Gasteiger partial charge < -0.3 is 5.32 Å². The van der Waals surface area contributed by atoms with Crippen molar-refractivity contribution in [2.24, 2.45) is 10.1 Å². The SMILES string of the molecule is CN(/N=C\c1ccc2ccccc2c1)C1=NCCCN1.I. The second kappa shape index (κ2) is 7.40. The lowest BCUT2D eigenvalue weighted by Gasteiger charge is -2.20. The number of hydrogen-bond acceptors (Lipinski definition) is 4. The van der Waals surface area contributed by atoms with E-state index in [0.29, 0.717) is 0 Å². The highest BCUT2D eigenvalue weighted by atomic mass is 127. The van der Waals surface area contributed by atoms with Gasteiger partial charge in [-0.15, -0.1) is 24.0 Å². The monoisotopic (exact) mass is 394 g/mol. The third kappa shape index (κ3) is 3.93. The van der Waals surface area contributed by atoms with E-state index in [2.05, 4.69) is 57.9 Å². The van der Waals surface area contributed by atoms with Crippen LogP contribution in [-0.4, -0.2) is 37.3 Å². The molecule has 0 bridgehead atoms. The molecule has 3 rings (SSSR count). The molecule has 0 aliphatic carbocycles. The molecule has 0 atom stereocenters. The van der Waals surface area contributed by atoms with Gasteiger partial charge in [0, 0.05) is 20.1 Å². The highest BCUT2D eigenvalue weighted by Crippen LogP contribution is 2.14. The normalized spacial score (nSPS) is 14.4. The van der Waals surface area contributed by atoms with Gasteiger partial charge in [-0.25, -0.2) is 5.01 Å². The van der Waals surface area contributed by atoms with Crippen LogP contribution in [0.5, 0.6) is 0 Å². The predicted molar refractivity (Wildman–Crippen MR) is 99.6 cm³/mol. The fourth-order valence-electron chi connectivity index (χ4n) is 2.23. The number of halogens is 1. The Kier molecular flexibility index (Phi) is 5.55. The van der Waals surface area contributed by atoms with Gasteiger partial charge in [0.05, 0.1) is 6.21 Å². The maximum atomic E-state index is 4.44. The minimum atomic E-state index is 0. The number of hydrogen-bond donors (Lipinski definition) is 1. The van der Waals surface area contributed by atoms with E-state index in [1.807, 2.05) is 13.3 Å². The van der Waals surface area contributed by atoms with Crippen LogP contribution in [0, 0.1) is 0 Å². The van der Waals surface area contributed by atoms with Crippen LogP contribution in [0.15, 0.2) is 52.6 Å². The Morgan fingerprint density at radius 2 is 2.00 bits per heavy atom. The van der Waals surface area contributed by atoms with E-state index in [9.17, 15) is 0 Å². The van der Waals surface area contributed by atoms with E-state index in [1.165, 1.54) is 10.8 Å². The van der Waals surface area contributed by atoms with Crippen molar-refractivity contribution in [1.82, 2.24) is 10.3 Å². The molecule has 2 aromatic rings. The van der Waals surface area contributed by atoms with Crippen LogP contribution in [0.1, 0.15) is 12.0 Å². The summed E-state index contributed by atoms with van der Waals surface area (Å²) in [5.41, 5.74) is 1.09. The van der Waals surface area contributed by atoms with Gasteiger partial charge in [-0.3, -0.25) is 4.99 Å². The molecule has 5 heteroatoms. The Morgan fingerprint density at radius 1 is 1.19 bits per heavy atom. The highest BCUT2D eigenvalue weighted by Gasteiger charge is 2.07. The summed E-state index contributed by atoms with van der Waals surface area (Å²) in [4.78, 5) is 4.41. The predicted octanol–water partition coefficient (Wildman–Crippen LogP) is 3.07. The highest BCUT2D eigenvalue weighted by molar-refractivity contribution is 14.0. The summed E-state index contributed by atoms with van der Waals surface area (Å²) in [7, 11) is 1.91. The minimum absolute atomic E-state index is 0. The molecule has 0 saturated carbocycles. The summed E-state index contributed by atoms with van der Waals surface area (Å²) in [6, 6.07) is 14.7. The van der Waals surface area contributed by atoms with E-state index in [1.54, 1.807) is 5.01 Å². The van der Waals surface area contributed by atoms with E-state index >= 15 is 0 Å². The van der Waals surface area contributed by atoms with E-state index in [4.69, 9.17) is 0 Å². The number of guanidine groups is 1. The maximum Gasteiger partial charge on any atom is 0.214 e. The van der Waals surface area contributed by atoms with Crippen LogP contribution in [-0.2, 0) is 0 Å². The zero-order valence-corrected chi connectivity index (χ0v) is 14.3. The molecule has 110 valence electrons. The maximum absolute atomic E-state index is 4.44. The number of nitrogens with zero attached hydrogens (tertiary/aromatic N) is 3. The summed E-state index contributed by atoms with van der Waals surface area (Å²) in [6.07, 6.45) is 2.96. The molecule has 4 nitrogen and oxygen atoms in total. The van der Waals surface area contributed by atoms with Crippen molar-refractivity contribution in [3.63, 3.8) is 0 Å². The lowest BCUT2D eigenvalue weighted by molar-refractivity contribution is 0.503. The quantitative estimate of drug-likeness (QED) is 0.483. The minimum Gasteiger partial charge on any atom is -0.355 e. The van der Waals surface area contributed by atoms with Crippen molar-refractivity contribution < 1.29 is 0 Å². The Balaban J connectivity index is 0.00000161. The zero-order chi connectivity index (χ0) is 13.8. The van der Waals surface area contributed by atoms with Crippen LogP contribution < -0.4 is 5.32 Å². The lowest BCUT2D eigenvalue weighted by atomic mass is 10.1. The second-order valence-corrected chi connectivity index (χ2v) is 4.86.